The Labute approximate surface area is 135 Å². The van der Waals surface area contributed by atoms with Crippen LogP contribution in [0.15, 0.2) is 17.5 Å². The summed E-state index contributed by atoms with van der Waals surface area (Å²) in [6.07, 6.45) is 3.92. The molecule has 1 aromatic rings. The standard InChI is InChI=1S/C16H23N3O2S/c20-15(12-19-9-3-6-16(19)21)17-11-13(14-5-4-10-22-14)18-7-1-2-8-18/h4-5,10,13H,1-3,6-9,11-12H2,(H,17,20). The molecule has 3 heterocycles. The molecule has 5 nitrogen and oxygen atoms in total. The molecule has 6 heteroatoms. The van der Waals surface area contributed by atoms with Crippen LogP contribution in [0.5, 0.6) is 0 Å². The molecule has 1 atom stereocenters. The van der Waals surface area contributed by atoms with E-state index in [1.165, 1.54) is 17.7 Å². The van der Waals surface area contributed by atoms with Crippen molar-refractivity contribution in [3.63, 3.8) is 0 Å². The van der Waals surface area contributed by atoms with E-state index in [-0.39, 0.29) is 24.4 Å². The van der Waals surface area contributed by atoms with Crippen LogP contribution in [0.3, 0.4) is 0 Å². The molecule has 1 aromatic heterocycles. The Hall–Kier alpha value is -1.40. The first-order valence-electron chi connectivity index (χ1n) is 8.06. The van der Waals surface area contributed by atoms with Gasteiger partial charge in [0, 0.05) is 24.4 Å². The first-order chi connectivity index (χ1) is 10.7. The number of carbonyl (C=O) groups is 2. The highest BCUT2D eigenvalue weighted by Gasteiger charge is 2.26. The molecule has 2 amide bonds. The second-order valence-electron chi connectivity index (χ2n) is 6.00. The van der Waals surface area contributed by atoms with Crippen molar-refractivity contribution in [3.05, 3.63) is 22.4 Å². The molecule has 0 aromatic carbocycles. The summed E-state index contributed by atoms with van der Waals surface area (Å²) in [5.74, 6) is 0.0560. The van der Waals surface area contributed by atoms with Gasteiger partial charge in [0.1, 0.15) is 0 Å². The van der Waals surface area contributed by atoms with Gasteiger partial charge in [-0.25, -0.2) is 0 Å². The van der Waals surface area contributed by atoms with Crippen LogP contribution >= 0.6 is 11.3 Å². The summed E-state index contributed by atoms with van der Waals surface area (Å²) in [4.78, 5) is 29.1. The Balaban J connectivity index is 1.54. The Morgan fingerprint density at radius 2 is 2.09 bits per heavy atom. The maximum atomic E-state index is 12.1. The zero-order valence-electron chi connectivity index (χ0n) is 12.8. The maximum absolute atomic E-state index is 12.1. The molecule has 2 aliphatic heterocycles. The molecule has 0 spiro atoms. The molecule has 2 saturated heterocycles. The average molecular weight is 321 g/mol. The highest BCUT2D eigenvalue weighted by molar-refractivity contribution is 7.10. The molecule has 120 valence electrons. The van der Waals surface area contributed by atoms with E-state index in [4.69, 9.17) is 0 Å². The van der Waals surface area contributed by atoms with Gasteiger partial charge < -0.3 is 10.2 Å². The van der Waals surface area contributed by atoms with Crippen LogP contribution in [-0.2, 0) is 9.59 Å². The van der Waals surface area contributed by atoms with Gasteiger partial charge in [0.25, 0.3) is 0 Å². The van der Waals surface area contributed by atoms with Crippen LogP contribution in [0.2, 0.25) is 0 Å². The third kappa shape index (κ3) is 3.67. The van der Waals surface area contributed by atoms with Crippen molar-refractivity contribution in [3.8, 4) is 0 Å². The van der Waals surface area contributed by atoms with Crippen LogP contribution in [0, 0.1) is 0 Å². The minimum atomic E-state index is -0.0454. The van der Waals surface area contributed by atoms with E-state index in [0.717, 1.165) is 19.5 Å². The molecule has 1 unspecified atom stereocenters. The molecule has 2 fully saturated rings. The molecule has 2 aliphatic rings. The lowest BCUT2D eigenvalue weighted by atomic mass is 10.2. The number of thiophene rings is 1. The topological polar surface area (TPSA) is 52.7 Å². The SMILES string of the molecule is O=C(CN1CCCC1=O)NCC(c1cccs1)N1CCCC1. The van der Waals surface area contributed by atoms with Gasteiger partial charge in [-0.3, -0.25) is 14.5 Å². The van der Waals surface area contributed by atoms with E-state index in [9.17, 15) is 9.59 Å². The summed E-state index contributed by atoms with van der Waals surface area (Å²) < 4.78 is 0. The Morgan fingerprint density at radius 1 is 1.27 bits per heavy atom. The summed E-state index contributed by atoms with van der Waals surface area (Å²) in [5, 5.41) is 5.11. The summed E-state index contributed by atoms with van der Waals surface area (Å²) in [5.41, 5.74) is 0. The number of nitrogens with one attached hydrogen (secondary N) is 1. The number of nitrogens with zero attached hydrogens (tertiary/aromatic N) is 2. The van der Waals surface area contributed by atoms with Gasteiger partial charge in [-0.2, -0.15) is 0 Å². The lowest BCUT2D eigenvalue weighted by molar-refractivity contribution is -0.133. The minimum Gasteiger partial charge on any atom is -0.353 e. The molecule has 3 rings (SSSR count). The first kappa shape index (κ1) is 15.5. The predicted octanol–water partition coefficient (Wildman–Crippen LogP) is 1.62. The largest absolute Gasteiger partial charge is 0.353 e. The lowest BCUT2D eigenvalue weighted by Crippen LogP contribution is -2.41. The average Bonchev–Trinajstić information content (AvgIpc) is 3.23. The summed E-state index contributed by atoms with van der Waals surface area (Å²) >= 11 is 1.75. The van der Waals surface area contributed by atoms with Crippen LogP contribution in [-0.4, -0.2) is 54.3 Å². The number of likely N-dealkylation sites (tertiary alicyclic amines) is 2. The molecule has 1 N–H and O–H groups in total. The number of hydrogen-bond acceptors (Lipinski definition) is 4. The summed E-state index contributed by atoms with van der Waals surface area (Å²) in [6, 6.07) is 4.47. The van der Waals surface area contributed by atoms with E-state index in [1.807, 2.05) is 0 Å². The van der Waals surface area contributed by atoms with Crippen LogP contribution in [0.25, 0.3) is 0 Å². The van der Waals surface area contributed by atoms with Crippen molar-refractivity contribution in [2.75, 3.05) is 32.7 Å². The second kappa shape index (κ2) is 7.24. The minimum absolute atomic E-state index is 0.0454. The first-order valence-corrected chi connectivity index (χ1v) is 8.94. The van der Waals surface area contributed by atoms with E-state index in [1.54, 1.807) is 16.2 Å². The van der Waals surface area contributed by atoms with E-state index in [2.05, 4.69) is 27.7 Å². The van der Waals surface area contributed by atoms with Crippen molar-refractivity contribution in [2.45, 2.75) is 31.7 Å². The predicted molar refractivity (Wildman–Crippen MR) is 86.7 cm³/mol. The zero-order valence-corrected chi connectivity index (χ0v) is 13.6. The number of amides is 2. The van der Waals surface area contributed by atoms with E-state index < -0.39 is 0 Å². The Morgan fingerprint density at radius 3 is 2.73 bits per heavy atom. The van der Waals surface area contributed by atoms with E-state index in [0.29, 0.717) is 19.5 Å². The molecule has 0 saturated carbocycles. The van der Waals surface area contributed by atoms with Gasteiger partial charge in [-0.05, 0) is 43.8 Å². The fraction of sp³-hybridized carbons (Fsp3) is 0.625. The van der Waals surface area contributed by atoms with Gasteiger partial charge in [0.05, 0.1) is 12.6 Å². The fourth-order valence-corrected chi connectivity index (χ4v) is 4.12. The zero-order chi connectivity index (χ0) is 15.4. The normalized spacial score (nSPS) is 20.5. The third-order valence-electron chi connectivity index (χ3n) is 4.45. The highest BCUT2D eigenvalue weighted by atomic mass is 32.1. The van der Waals surface area contributed by atoms with Crippen molar-refractivity contribution in [2.24, 2.45) is 0 Å². The van der Waals surface area contributed by atoms with Gasteiger partial charge >= 0.3 is 0 Å². The molecule has 0 bridgehead atoms. The van der Waals surface area contributed by atoms with Crippen molar-refractivity contribution in [1.29, 1.82) is 0 Å². The Bertz CT molecular complexity index is 511. The lowest BCUT2D eigenvalue weighted by Gasteiger charge is -2.27. The third-order valence-corrected chi connectivity index (χ3v) is 5.43. The van der Waals surface area contributed by atoms with Gasteiger partial charge in [0.2, 0.25) is 11.8 Å². The highest BCUT2D eigenvalue weighted by Crippen LogP contribution is 2.27. The summed E-state index contributed by atoms with van der Waals surface area (Å²) in [6.45, 7) is 3.75. The monoisotopic (exact) mass is 321 g/mol. The Kier molecular flexibility index (Phi) is 5.10. The van der Waals surface area contributed by atoms with Gasteiger partial charge in [-0.15, -0.1) is 11.3 Å². The number of carbonyl (C=O) groups excluding carboxylic acids is 2. The molecule has 0 radical (unpaired) electrons. The summed E-state index contributed by atoms with van der Waals surface area (Å²) in [7, 11) is 0. The quantitative estimate of drug-likeness (QED) is 0.866. The number of rotatable bonds is 6. The molecule has 0 aliphatic carbocycles. The van der Waals surface area contributed by atoms with Crippen molar-refractivity contribution in [1.82, 2.24) is 15.1 Å². The van der Waals surface area contributed by atoms with Gasteiger partial charge in [0.15, 0.2) is 0 Å². The van der Waals surface area contributed by atoms with Crippen molar-refractivity contribution < 1.29 is 9.59 Å². The van der Waals surface area contributed by atoms with Crippen LogP contribution in [0.4, 0.5) is 0 Å². The van der Waals surface area contributed by atoms with Crippen molar-refractivity contribution >= 4 is 23.2 Å². The molecular formula is C16H23N3O2S. The molecular weight excluding hydrogens is 298 g/mol. The number of hydrogen-bond donors (Lipinski definition) is 1. The van der Waals surface area contributed by atoms with Crippen LogP contribution < -0.4 is 5.32 Å². The maximum Gasteiger partial charge on any atom is 0.239 e. The fourth-order valence-electron chi connectivity index (χ4n) is 3.25. The van der Waals surface area contributed by atoms with E-state index >= 15 is 0 Å². The van der Waals surface area contributed by atoms with Gasteiger partial charge in [-0.1, -0.05) is 6.07 Å². The molecule has 22 heavy (non-hydrogen) atoms. The second-order valence-corrected chi connectivity index (χ2v) is 6.98. The smallest absolute Gasteiger partial charge is 0.239 e. The van der Waals surface area contributed by atoms with Crippen LogP contribution in [0.1, 0.15) is 36.6 Å².